The quantitative estimate of drug-likeness (QED) is 0.774. The van der Waals surface area contributed by atoms with Crippen molar-refractivity contribution in [3.63, 3.8) is 0 Å². The molecule has 4 nitrogen and oxygen atoms in total. The van der Waals surface area contributed by atoms with Crippen LogP contribution in [0, 0.1) is 3.70 Å². The molecule has 0 bridgehead atoms. The molecular formula is C9H8ClIN2O2. The van der Waals surface area contributed by atoms with Crippen LogP contribution in [0.25, 0.3) is 6.08 Å². The van der Waals surface area contributed by atoms with Crippen LogP contribution in [-0.4, -0.2) is 28.2 Å². The van der Waals surface area contributed by atoms with E-state index < -0.39 is 0 Å². The van der Waals surface area contributed by atoms with Crippen LogP contribution in [0.3, 0.4) is 0 Å². The van der Waals surface area contributed by atoms with Crippen LogP contribution in [0.5, 0.6) is 11.8 Å². The van der Waals surface area contributed by atoms with Crippen molar-refractivity contribution in [2.45, 2.75) is 0 Å². The summed E-state index contributed by atoms with van der Waals surface area (Å²) in [6.07, 6.45) is 1.79. The van der Waals surface area contributed by atoms with Gasteiger partial charge < -0.3 is 9.47 Å². The van der Waals surface area contributed by atoms with E-state index in [1.54, 1.807) is 13.2 Å². The fraction of sp³-hybridized carbons (Fsp3) is 0.222. The molecule has 0 aromatic carbocycles. The maximum absolute atomic E-state index is 5.91. The van der Waals surface area contributed by atoms with E-state index in [-0.39, 0.29) is 20.7 Å². The van der Waals surface area contributed by atoms with Crippen molar-refractivity contribution in [2.24, 2.45) is 0 Å². The van der Waals surface area contributed by atoms with Gasteiger partial charge in [-0.1, -0.05) is 32.3 Å². The lowest BCUT2D eigenvalue weighted by molar-refractivity contribution is 0.330. The van der Waals surface area contributed by atoms with Gasteiger partial charge in [0.25, 0.3) is 11.8 Å². The molecule has 1 aliphatic rings. The van der Waals surface area contributed by atoms with Crippen molar-refractivity contribution in [3.05, 3.63) is 14.4 Å². The fourth-order valence-electron chi connectivity index (χ4n) is 1.10. The van der Waals surface area contributed by atoms with Gasteiger partial charge in [-0.15, -0.1) is 0 Å². The second kappa shape index (κ2) is 4.44. The minimum atomic E-state index is -0.321. The second-order valence-electron chi connectivity index (χ2n) is 2.67. The summed E-state index contributed by atoms with van der Waals surface area (Å²) in [6.45, 7) is 0. The highest BCUT2D eigenvalue weighted by atomic mass is 127. The number of nitrogens with zero attached hydrogens (tertiary/aromatic N) is 2. The number of hydrogen-bond donors (Lipinski definition) is 0. The second-order valence-corrected chi connectivity index (χ2v) is 5.37. The highest BCUT2D eigenvalue weighted by Gasteiger charge is 2.14. The van der Waals surface area contributed by atoms with Crippen molar-refractivity contribution >= 4 is 42.4 Å². The van der Waals surface area contributed by atoms with Crippen molar-refractivity contribution in [2.75, 3.05) is 14.2 Å². The molecule has 0 radical (unpaired) electrons. The van der Waals surface area contributed by atoms with Crippen molar-refractivity contribution in [1.82, 2.24) is 9.97 Å². The lowest BCUT2D eigenvalue weighted by Crippen LogP contribution is -2.03. The molecule has 1 aromatic heterocycles. The van der Waals surface area contributed by atoms with E-state index in [9.17, 15) is 0 Å². The zero-order chi connectivity index (χ0) is 10.8. The highest BCUT2D eigenvalue weighted by molar-refractivity contribution is 14.2. The fourth-order valence-corrected chi connectivity index (χ4v) is 3.21. The first-order valence-corrected chi connectivity index (χ1v) is 6.78. The third-order valence-corrected chi connectivity index (χ3v) is 4.69. The van der Waals surface area contributed by atoms with Crippen LogP contribution in [-0.2, 0) is 0 Å². The van der Waals surface area contributed by atoms with Gasteiger partial charge in [0.05, 0.1) is 14.2 Å². The summed E-state index contributed by atoms with van der Waals surface area (Å²) in [5, 5.41) is 0.719. The molecule has 0 saturated heterocycles. The molecule has 2 heterocycles. The zero-order valence-corrected chi connectivity index (χ0v) is 11.0. The van der Waals surface area contributed by atoms with E-state index in [0.717, 1.165) is 14.4 Å². The van der Waals surface area contributed by atoms with Gasteiger partial charge in [0.1, 0.15) is 9.39 Å². The zero-order valence-electron chi connectivity index (χ0n) is 8.12. The average Bonchev–Trinajstić information content (AvgIpc) is 2.27. The molecule has 6 heteroatoms. The summed E-state index contributed by atoms with van der Waals surface area (Å²) in [7, 11) is 3.08. The molecule has 0 atom stereocenters. The maximum Gasteiger partial charge on any atom is 0.278 e. The Bertz CT molecular complexity index is 460. The van der Waals surface area contributed by atoms with Crippen LogP contribution < -0.4 is 9.47 Å². The highest BCUT2D eigenvalue weighted by Crippen LogP contribution is 2.30. The van der Waals surface area contributed by atoms with Crippen molar-refractivity contribution in [1.29, 1.82) is 0 Å². The normalized spacial score (nSPS) is 13.7. The first kappa shape index (κ1) is 10.8. The molecule has 0 saturated carbocycles. The Hall–Kier alpha value is -0.690. The Morgan fingerprint density at radius 1 is 1.20 bits per heavy atom. The largest absolute Gasteiger partial charge is 0.477 e. The van der Waals surface area contributed by atoms with Crippen LogP contribution in [0.1, 0.15) is 5.69 Å². The number of aromatic nitrogens is 2. The first-order valence-electron chi connectivity index (χ1n) is 4.08. The van der Waals surface area contributed by atoms with E-state index >= 15 is 0 Å². The number of methoxy groups -OCH3 is 2. The number of allylic oxidation sites excluding steroid dienone is 1. The lowest BCUT2D eigenvalue weighted by Gasteiger charge is -2.10. The Morgan fingerprint density at radius 3 is 2.53 bits per heavy atom. The summed E-state index contributed by atoms with van der Waals surface area (Å²) >= 11 is 5.59. The summed E-state index contributed by atoms with van der Waals surface area (Å²) in [4.78, 5) is 8.63. The standard InChI is InChI=1S/C9H8ClIN2O2/c1-14-8-9(15-2)13-7-6(12-8)3-5(10)4-11-7/h3-4H,1-2H3. The van der Waals surface area contributed by atoms with Gasteiger partial charge in [-0.3, -0.25) is 0 Å². The smallest absolute Gasteiger partial charge is 0.278 e. The molecule has 0 spiro atoms. The maximum atomic E-state index is 5.91. The Morgan fingerprint density at radius 2 is 1.87 bits per heavy atom. The van der Waals surface area contributed by atoms with Gasteiger partial charge in [0, 0.05) is 5.03 Å². The number of halogens is 2. The van der Waals surface area contributed by atoms with Crippen LogP contribution in [0.4, 0.5) is 0 Å². The third kappa shape index (κ3) is 2.12. The predicted octanol–water partition coefficient (Wildman–Crippen LogP) is 2.03. The molecule has 0 N–H and O–H groups in total. The van der Waals surface area contributed by atoms with Gasteiger partial charge in [-0.25, -0.2) is 9.97 Å². The van der Waals surface area contributed by atoms with Gasteiger partial charge >= 0.3 is 0 Å². The predicted molar refractivity (Wildman–Crippen MR) is 67.7 cm³/mol. The number of ether oxygens (including phenoxy) is 2. The monoisotopic (exact) mass is 338 g/mol. The molecule has 80 valence electrons. The summed E-state index contributed by atoms with van der Waals surface area (Å²) in [5.74, 6) is 0.818. The summed E-state index contributed by atoms with van der Waals surface area (Å²) in [5.41, 5.74) is 0.785. The Labute approximate surface area is 102 Å². The molecular weight excluding hydrogens is 330 g/mol. The van der Waals surface area contributed by atoms with Crippen molar-refractivity contribution in [3.8, 4) is 11.8 Å². The van der Waals surface area contributed by atoms with Gasteiger partial charge in [-0.05, 0) is 10.1 Å². The van der Waals surface area contributed by atoms with E-state index in [1.807, 2.05) is 4.01 Å². The summed E-state index contributed by atoms with van der Waals surface area (Å²) < 4.78 is 13.1. The third-order valence-electron chi connectivity index (χ3n) is 1.74. The van der Waals surface area contributed by atoms with Gasteiger partial charge in [-0.2, -0.15) is 0 Å². The molecule has 2 rings (SSSR count). The molecule has 1 aromatic rings. The minimum absolute atomic E-state index is 0.321. The lowest BCUT2D eigenvalue weighted by atomic mass is 10.4. The van der Waals surface area contributed by atoms with Crippen LogP contribution in [0.15, 0.2) is 5.03 Å². The molecule has 0 aliphatic carbocycles. The SMILES string of the molecule is COc1nc2c(nc1OC)I=CC(Cl)=C2. The Balaban J connectivity index is 2.56. The average molecular weight is 339 g/mol. The molecule has 0 unspecified atom stereocenters. The van der Waals surface area contributed by atoms with E-state index in [0.29, 0.717) is 11.8 Å². The first-order chi connectivity index (χ1) is 7.24. The molecule has 15 heavy (non-hydrogen) atoms. The van der Waals surface area contributed by atoms with Crippen LogP contribution >= 0.6 is 32.3 Å². The number of rotatable bonds is 2. The van der Waals surface area contributed by atoms with Gasteiger partial charge in [0.2, 0.25) is 0 Å². The molecule has 1 aliphatic heterocycles. The van der Waals surface area contributed by atoms with Crippen molar-refractivity contribution < 1.29 is 9.47 Å². The topological polar surface area (TPSA) is 44.2 Å². The Kier molecular flexibility index (Phi) is 3.20. The van der Waals surface area contributed by atoms with E-state index in [2.05, 4.69) is 9.97 Å². The molecule has 0 fully saturated rings. The van der Waals surface area contributed by atoms with E-state index in [1.165, 1.54) is 7.11 Å². The van der Waals surface area contributed by atoms with E-state index in [4.69, 9.17) is 21.1 Å². The molecule has 0 amide bonds. The van der Waals surface area contributed by atoms with Crippen LogP contribution in [0.2, 0.25) is 0 Å². The van der Waals surface area contributed by atoms with Gasteiger partial charge in [0.15, 0.2) is 0 Å². The summed E-state index contributed by atoms with van der Waals surface area (Å²) in [6, 6.07) is 0. The minimum Gasteiger partial charge on any atom is -0.477 e. The number of hydrogen-bond acceptors (Lipinski definition) is 4. The number of fused-ring (bicyclic) bond motifs is 1.